The number of hydrogen-bond donors (Lipinski definition) is 1. The van der Waals surface area contributed by atoms with Crippen LogP contribution in [0.1, 0.15) is 70.9 Å². The van der Waals surface area contributed by atoms with E-state index in [1.165, 1.54) is 11.1 Å². The molecule has 0 unspecified atom stereocenters. The van der Waals surface area contributed by atoms with Gasteiger partial charge in [-0.15, -0.1) is 0 Å². The Kier molecular flexibility index (Phi) is 13.5. The van der Waals surface area contributed by atoms with Crippen molar-refractivity contribution in [1.29, 1.82) is 0 Å². The quantitative estimate of drug-likeness (QED) is 0.123. The number of aliphatic hydroxyl groups is 1. The van der Waals surface area contributed by atoms with Crippen LogP contribution in [0.2, 0.25) is 18.1 Å². The third-order valence-electron chi connectivity index (χ3n) is 8.69. The van der Waals surface area contributed by atoms with Gasteiger partial charge in [-0.2, -0.15) is 0 Å². The molecule has 0 spiro atoms. The molecule has 1 fully saturated rings. The first-order valence-electron chi connectivity index (χ1n) is 15.5. The maximum absolute atomic E-state index is 10.7. The third kappa shape index (κ3) is 11.6. The van der Waals surface area contributed by atoms with Gasteiger partial charge in [0.1, 0.15) is 0 Å². The lowest BCUT2D eigenvalue weighted by Gasteiger charge is -2.41. The van der Waals surface area contributed by atoms with E-state index >= 15 is 0 Å². The zero-order chi connectivity index (χ0) is 29.7. The summed E-state index contributed by atoms with van der Waals surface area (Å²) in [6, 6.07) is 20.6. The Balaban J connectivity index is 1.55. The highest BCUT2D eigenvalue weighted by Gasteiger charge is 2.43. The molecule has 41 heavy (non-hydrogen) atoms. The van der Waals surface area contributed by atoms with E-state index in [4.69, 9.17) is 13.9 Å². The number of unbranched alkanes of at least 4 members (excludes halogenated alkanes) is 1. The smallest absolute Gasteiger partial charge is 0.192 e. The van der Waals surface area contributed by atoms with E-state index in [0.717, 1.165) is 32.1 Å². The summed E-state index contributed by atoms with van der Waals surface area (Å²) in [5, 5.41) is 10.8. The van der Waals surface area contributed by atoms with Gasteiger partial charge in [-0.3, -0.25) is 0 Å². The average molecular weight is 579 g/mol. The lowest BCUT2D eigenvalue weighted by atomic mass is 9.89. The molecule has 4 nitrogen and oxygen atoms in total. The molecule has 0 bridgehead atoms. The summed E-state index contributed by atoms with van der Waals surface area (Å²) in [6.45, 7) is 15.5. The Bertz CT molecular complexity index is 1040. The molecular formula is C36H54O4Si. The van der Waals surface area contributed by atoms with Crippen LogP contribution in [0.3, 0.4) is 0 Å². The van der Waals surface area contributed by atoms with Gasteiger partial charge in [0.15, 0.2) is 8.32 Å². The van der Waals surface area contributed by atoms with Crippen LogP contribution in [0.4, 0.5) is 0 Å². The molecule has 5 heteroatoms. The summed E-state index contributed by atoms with van der Waals surface area (Å²) in [7, 11) is -2.01. The van der Waals surface area contributed by atoms with Gasteiger partial charge in [0, 0.05) is 0 Å². The summed E-state index contributed by atoms with van der Waals surface area (Å²) < 4.78 is 19.0. The van der Waals surface area contributed by atoms with Crippen molar-refractivity contribution >= 4 is 8.32 Å². The van der Waals surface area contributed by atoms with E-state index in [-0.39, 0.29) is 29.3 Å². The van der Waals surface area contributed by atoms with Gasteiger partial charge in [-0.05, 0) is 80.1 Å². The second-order valence-electron chi connectivity index (χ2n) is 13.2. The molecule has 0 saturated heterocycles. The van der Waals surface area contributed by atoms with E-state index in [2.05, 4.69) is 101 Å². The van der Waals surface area contributed by atoms with Crippen LogP contribution in [0.15, 0.2) is 85.0 Å². The Labute approximate surface area is 251 Å². The van der Waals surface area contributed by atoms with Gasteiger partial charge in [0.25, 0.3) is 0 Å². The van der Waals surface area contributed by atoms with Gasteiger partial charge in [0.05, 0.1) is 38.1 Å². The monoisotopic (exact) mass is 578 g/mol. The SMILES string of the molecule is C[C@@H](CCC/C=C/[C@@H]1C[C@H](O)C[C@H]1[C@@H](/C=C/COCc1ccccc1)O[Si](C)(C)C(C)(C)C)OCc1ccccc1. The molecule has 226 valence electrons. The average Bonchev–Trinajstić information content (AvgIpc) is 3.31. The molecule has 3 rings (SSSR count). The molecule has 5 atom stereocenters. The molecule has 1 N–H and O–H groups in total. The van der Waals surface area contributed by atoms with Crippen LogP contribution in [0, 0.1) is 11.8 Å². The van der Waals surface area contributed by atoms with Crippen molar-refractivity contribution in [3.63, 3.8) is 0 Å². The normalized spacial score (nSPS) is 21.6. The lowest BCUT2D eigenvalue weighted by Crippen LogP contribution is -2.45. The highest BCUT2D eigenvalue weighted by Crippen LogP contribution is 2.42. The predicted octanol–water partition coefficient (Wildman–Crippen LogP) is 8.87. The summed E-state index contributed by atoms with van der Waals surface area (Å²) in [5.74, 6) is 0.565. The second-order valence-corrected chi connectivity index (χ2v) is 17.9. The fraction of sp³-hybridized carbons (Fsp3) is 0.556. The van der Waals surface area contributed by atoms with Gasteiger partial charge >= 0.3 is 0 Å². The molecule has 0 radical (unpaired) electrons. The highest BCUT2D eigenvalue weighted by molar-refractivity contribution is 6.74. The van der Waals surface area contributed by atoms with Crippen molar-refractivity contribution in [2.24, 2.45) is 11.8 Å². The number of hydrogen-bond acceptors (Lipinski definition) is 4. The number of allylic oxidation sites excluding steroid dienone is 2. The largest absolute Gasteiger partial charge is 0.410 e. The first-order chi connectivity index (χ1) is 19.5. The molecule has 1 saturated carbocycles. The molecule has 0 heterocycles. The van der Waals surface area contributed by atoms with E-state index in [1.54, 1.807) is 0 Å². The highest BCUT2D eigenvalue weighted by atomic mass is 28.4. The molecule has 0 aromatic heterocycles. The standard InChI is InChI=1S/C36H54O4Si/c1-29(39-28-31-20-13-9-14-21-31)17-10-7-15-22-32-25-33(37)26-34(32)35(40-41(5,6)36(2,3)4)23-16-24-38-27-30-18-11-8-12-19-30/h8-9,11-16,18-23,29,32-35,37H,7,10,17,24-28H2,1-6H3/b22-15+,23-16+/t29-,32+,33-,34+,35+/m0/s1. The van der Waals surface area contributed by atoms with Crippen LogP contribution in [0.25, 0.3) is 0 Å². The summed E-state index contributed by atoms with van der Waals surface area (Å²) in [5.41, 5.74) is 2.40. The maximum atomic E-state index is 10.7. The minimum Gasteiger partial charge on any atom is -0.410 e. The van der Waals surface area contributed by atoms with E-state index in [9.17, 15) is 5.11 Å². The lowest BCUT2D eigenvalue weighted by molar-refractivity contribution is 0.0465. The fourth-order valence-corrected chi connectivity index (χ4v) is 6.45. The summed E-state index contributed by atoms with van der Waals surface area (Å²) in [4.78, 5) is 0. The topological polar surface area (TPSA) is 47.9 Å². The number of ether oxygens (including phenoxy) is 2. The Morgan fingerprint density at radius 3 is 2.20 bits per heavy atom. The van der Waals surface area contributed by atoms with Crippen LogP contribution >= 0.6 is 0 Å². The zero-order valence-electron chi connectivity index (χ0n) is 26.3. The minimum atomic E-state index is -2.01. The molecule has 2 aromatic carbocycles. The number of benzene rings is 2. The van der Waals surface area contributed by atoms with E-state index in [1.807, 2.05) is 24.3 Å². The van der Waals surface area contributed by atoms with Crippen LogP contribution < -0.4 is 0 Å². The first kappa shape index (κ1) is 33.5. The van der Waals surface area contributed by atoms with Crippen molar-refractivity contribution in [2.75, 3.05) is 6.61 Å². The fourth-order valence-electron chi connectivity index (χ4n) is 5.16. The van der Waals surface area contributed by atoms with Gasteiger partial charge < -0.3 is 19.0 Å². The summed E-state index contributed by atoms with van der Waals surface area (Å²) >= 11 is 0. The molecule has 0 aliphatic heterocycles. The molecular weight excluding hydrogens is 524 g/mol. The van der Waals surface area contributed by atoms with E-state index in [0.29, 0.717) is 25.7 Å². The zero-order valence-corrected chi connectivity index (χ0v) is 27.3. The molecule has 0 amide bonds. The van der Waals surface area contributed by atoms with Gasteiger partial charge in [-0.25, -0.2) is 0 Å². The maximum Gasteiger partial charge on any atom is 0.192 e. The van der Waals surface area contributed by atoms with Gasteiger partial charge in [0.2, 0.25) is 0 Å². The first-order valence-corrected chi connectivity index (χ1v) is 18.4. The van der Waals surface area contributed by atoms with Crippen LogP contribution in [-0.2, 0) is 27.1 Å². The molecule has 2 aromatic rings. The minimum absolute atomic E-state index is 0.0329. The number of aliphatic hydroxyl groups excluding tert-OH is 1. The predicted molar refractivity (Wildman–Crippen MR) is 173 cm³/mol. The third-order valence-corrected chi connectivity index (χ3v) is 13.2. The second kappa shape index (κ2) is 16.6. The molecule has 1 aliphatic rings. The Morgan fingerprint density at radius 2 is 1.56 bits per heavy atom. The number of rotatable bonds is 16. The van der Waals surface area contributed by atoms with Crippen molar-refractivity contribution < 1.29 is 19.0 Å². The summed E-state index contributed by atoms with van der Waals surface area (Å²) in [6.07, 6.45) is 13.6. The van der Waals surface area contributed by atoms with Gasteiger partial charge in [-0.1, -0.05) is 106 Å². The van der Waals surface area contributed by atoms with Crippen molar-refractivity contribution in [3.05, 3.63) is 96.1 Å². The van der Waals surface area contributed by atoms with Crippen molar-refractivity contribution in [1.82, 2.24) is 0 Å². The molecule has 1 aliphatic carbocycles. The Morgan fingerprint density at radius 1 is 0.927 bits per heavy atom. The van der Waals surface area contributed by atoms with Crippen molar-refractivity contribution in [2.45, 2.75) is 109 Å². The van der Waals surface area contributed by atoms with E-state index < -0.39 is 8.32 Å². The Hall–Kier alpha value is -2.02. The van der Waals surface area contributed by atoms with Crippen LogP contribution in [0.5, 0.6) is 0 Å². The van der Waals surface area contributed by atoms with Crippen molar-refractivity contribution in [3.8, 4) is 0 Å². The van der Waals surface area contributed by atoms with Crippen LogP contribution in [-0.4, -0.2) is 38.3 Å².